The molecule has 0 saturated heterocycles. The van der Waals surface area contributed by atoms with E-state index in [1.165, 1.54) is 20.5 Å². The van der Waals surface area contributed by atoms with Gasteiger partial charge in [-0.1, -0.05) is 0 Å². The minimum atomic E-state index is -1.87. The number of benzene rings is 1. The van der Waals surface area contributed by atoms with Crippen LogP contribution < -0.4 is 3.32 Å². The summed E-state index contributed by atoms with van der Waals surface area (Å²) in [5, 5.41) is 0. The Hall–Kier alpha value is -0.916. The van der Waals surface area contributed by atoms with Gasteiger partial charge in [-0.05, 0) is 0 Å². The van der Waals surface area contributed by atoms with Crippen LogP contribution >= 0.6 is 0 Å². The molecule has 0 fully saturated rings. The second-order valence-corrected chi connectivity index (χ2v) is 11.4. The zero-order chi connectivity index (χ0) is 16.5. The molecule has 0 atom stereocenters. The van der Waals surface area contributed by atoms with Crippen molar-refractivity contribution >= 4 is 3.81 Å². The fourth-order valence-corrected chi connectivity index (χ4v) is 6.57. The number of aryl methyl sites for hydroxylation is 2. The fraction of sp³-hybridized carbons (Fsp3) is 0.450. The van der Waals surface area contributed by atoms with E-state index in [0.29, 0.717) is 0 Å². The normalized spacial score (nSPS) is 14.5. The summed E-state index contributed by atoms with van der Waals surface area (Å²) in [6.07, 6.45) is 5.69. The van der Waals surface area contributed by atoms with E-state index >= 15 is 0 Å². The number of hydrogen-bond donors (Lipinski definition) is 0. The Labute approximate surface area is 141 Å². The summed E-state index contributed by atoms with van der Waals surface area (Å²) in [6.45, 7) is 15.7. The van der Waals surface area contributed by atoms with Crippen LogP contribution in [-0.2, 0) is 17.8 Å². The molecule has 0 aliphatic heterocycles. The molecule has 0 heterocycles. The molecule has 0 aromatic heterocycles. The van der Waals surface area contributed by atoms with Crippen LogP contribution in [0.3, 0.4) is 0 Å². The van der Waals surface area contributed by atoms with Gasteiger partial charge in [-0.25, -0.2) is 0 Å². The molecular formula is C20H28OTi. The maximum absolute atomic E-state index is 6.58. The van der Waals surface area contributed by atoms with Gasteiger partial charge in [0.1, 0.15) is 0 Å². The van der Waals surface area contributed by atoms with Gasteiger partial charge in [0.05, 0.1) is 0 Å². The van der Waals surface area contributed by atoms with E-state index in [0.717, 1.165) is 12.2 Å². The van der Waals surface area contributed by atoms with Crippen molar-refractivity contribution in [2.24, 2.45) is 5.41 Å². The molecule has 1 aliphatic rings. The van der Waals surface area contributed by atoms with E-state index in [9.17, 15) is 0 Å². The number of hydrogen-bond acceptors (Lipinski definition) is 1. The van der Waals surface area contributed by atoms with Crippen molar-refractivity contribution in [1.82, 2.24) is 0 Å². The van der Waals surface area contributed by atoms with Gasteiger partial charge in [-0.2, -0.15) is 0 Å². The van der Waals surface area contributed by atoms with Crippen molar-refractivity contribution in [3.05, 3.63) is 50.9 Å². The van der Waals surface area contributed by atoms with Gasteiger partial charge in [0, 0.05) is 0 Å². The van der Waals surface area contributed by atoms with Crippen molar-refractivity contribution in [1.29, 1.82) is 0 Å². The summed E-state index contributed by atoms with van der Waals surface area (Å²) >= 11 is -1.87. The Balaban J connectivity index is 2.43. The van der Waals surface area contributed by atoms with E-state index in [1.807, 2.05) is 0 Å². The molecule has 0 radical (unpaired) electrons. The van der Waals surface area contributed by atoms with Gasteiger partial charge in [0.15, 0.2) is 0 Å². The van der Waals surface area contributed by atoms with Crippen molar-refractivity contribution < 1.29 is 21.1 Å². The summed E-state index contributed by atoms with van der Waals surface area (Å²) in [5.41, 5.74) is 4.24. The topological polar surface area (TPSA) is 9.23 Å². The average Bonchev–Trinajstić information content (AvgIpc) is 2.83. The van der Waals surface area contributed by atoms with Gasteiger partial charge in [-0.15, -0.1) is 0 Å². The predicted molar refractivity (Wildman–Crippen MR) is 93.1 cm³/mol. The Morgan fingerprint density at radius 1 is 1.05 bits per heavy atom. The Morgan fingerprint density at radius 3 is 2.14 bits per heavy atom. The number of rotatable bonds is 3. The summed E-state index contributed by atoms with van der Waals surface area (Å²) in [6, 6.07) is 6.54. The van der Waals surface area contributed by atoms with E-state index < -0.39 is 17.8 Å². The molecule has 118 valence electrons. The second-order valence-electron chi connectivity index (χ2n) is 7.50. The number of allylic oxidation sites excluding steroid dienone is 4. The zero-order valence-electron chi connectivity index (χ0n) is 15.0. The van der Waals surface area contributed by atoms with Crippen LogP contribution in [0.2, 0.25) is 0 Å². The molecule has 22 heavy (non-hydrogen) atoms. The average molecular weight is 332 g/mol. The maximum atomic E-state index is 6.58. The molecule has 0 unspecified atom stereocenters. The summed E-state index contributed by atoms with van der Waals surface area (Å²) in [5.74, 6) is 1.04. The molecule has 0 N–H and O–H groups in total. The van der Waals surface area contributed by atoms with Crippen LogP contribution in [0, 0.1) is 19.3 Å². The van der Waals surface area contributed by atoms with Gasteiger partial charge in [-0.3, -0.25) is 0 Å². The SMILES string of the molecule is C[C](C)=[Ti]([O]c1cc(C)cc(C)c1)[C]1=C(C(C)(C)C)C=CC1. The predicted octanol–water partition coefficient (Wildman–Crippen LogP) is 5.69. The first kappa shape index (κ1) is 17.4. The molecule has 1 aromatic rings. The third-order valence-electron chi connectivity index (χ3n) is 3.88. The van der Waals surface area contributed by atoms with E-state index in [1.54, 1.807) is 3.88 Å². The van der Waals surface area contributed by atoms with E-state index in [4.69, 9.17) is 3.32 Å². The Kier molecular flexibility index (Phi) is 5.30. The molecule has 0 spiro atoms. The quantitative estimate of drug-likeness (QED) is 0.646. The Morgan fingerprint density at radius 2 is 1.64 bits per heavy atom. The van der Waals surface area contributed by atoms with Crippen LogP contribution in [0.4, 0.5) is 0 Å². The molecule has 1 aliphatic carbocycles. The second kappa shape index (κ2) is 6.68. The molecule has 2 heteroatoms. The van der Waals surface area contributed by atoms with Crippen molar-refractivity contribution in [3.8, 4) is 5.75 Å². The van der Waals surface area contributed by atoms with E-state index in [2.05, 4.69) is 78.8 Å². The van der Waals surface area contributed by atoms with Crippen molar-refractivity contribution in [2.45, 2.75) is 54.9 Å². The van der Waals surface area contributed by atoms with E-state index in [-0.39, 0.29) is 5.41 Å². The zero-order valence-corrected chi connectivity index (χ0v) is 16.6. The van der Waals surface area contributed by atoms with Crippen LogP contribution in [-0.4, -0.2) is 3.81 Å². The van der Waals surface area contributed by atoms with Crippen LogP contribution in [0.1, 0.15) is 52.2 Å². The molecule has 1 nitrogen and oxygen atoms in total. The first-order valence-electron chi connectivity index (χ1n) is 8.02. The van der Waals surface area contributed by atoms with Gasteiger partial charge in [0.25, 0.3) is 0 Å². The standard InChI is InChI=1S/C9H13.C8H10O.C3H6.Ti/c1-9(2,3)8-6-4-5-7-8;1-6-3-7(2)5-8(9)4-6;1-3-2;/h4,6H,5H2,1-3H3;3-5,9H,1-2H3;1-2H3;/q;;;+1/p-1. The third-order valence-corrected chi connectivity index (χ3v) is 7.58. The molecule has 0 saturated carbocycles. The van der Waals surface area contributed by atoms with Gasteiger partial charge >= 0.3 is 142 Å². The molecule has 2 rings (SSSR count). The van der Waals surface area contributed by atoms with Crippen LogP contribution in [0.25, 0.3) is 0 Å². The molecule has 1 aromatic carbocycles. The fourth-order valence-electron chi connectivity index (χ4n) is 3.00. The molecule has 0 bridgehead atoms. The summed E-state index contributed by atoms with van der Waals surface area (Å²) in [7, 11) is 0. The van der Waals surface area contributed by atoms with Gasteiger partial charge in [0.2, 0.25) is 0 Å². The molecule has 0 amide bonds. The van der Waals surface area contributed by atoms with Crippen molar-refractivity contribution in [2.75, 3.05) is 0 Å². The first-order chi connectivity index (χ1) is 10.2. The van der Waals surface area contributed by atoms with Crippen molar-refractivity contribution in [3.63, 3.8) is 0 Å². The summed E-state index contributed by atoms with van der Waals surface area (Å²) in [4.78, 5) is 0. The summed E-state index contributed by atoms with van der Waals surface area (Å²) < 4.78 is 9.63. The monoisotopic (exact) mass is 332 g/mol. The van der Waals surface area contributed by atoms with Gasteiger partial charge < -0.3 is 0 Å². The Bertz CT molecular complexity index is 645. The van der Waals surface area contributed by atoms with Crippen LogP contribution in [0.5, 0.6) is 5.75 Å². The van der Waals surface area contributed by atoms with Crippen LogP contribution in [0.15, 0.2) is 39.8 Å². The third kappa shape index (κ3) is 4.09. The minimum absolute atomic E-state index is 0.196. The first-order valence-corrected chi connectivity index (χ1v) is 10.2. The molecular weight excluding hydrogens is 304 g/mol.